The molecule has 1 atom stereocenters. The highest BCUT2D eigenvalue weighted by Gasteiger charge is 2.32. The van der Waals surface area contributed by atoms with E-state index < -0.39 is 18.1 Å². The highest BCUT2D eigenvalue weighted by Crippen LogP contribution is 1.95. The number of carbonyl (C=O) groups excluding carboxylic acids is 2. The summed E-state index contributed by atoms with van der Waals surface area (Å²) in [6.07, 6.45) is 4.11. The second-order valence-electron chi connectivity index (χ2n) is 2.24. The van der Waals surface area contributed by atoms with Gasteiger partial charge in [0.2, 0.25) is 0 Å². The Morgan fingerprint density at radius 2 is 2.33 bits per heavy atom. The van der Waals surface area contributed by atoms with Crippen LogP contribution < -0.4 is 16.5 Å². The van der Waals surface area contributed by atoms with Crippen molar-refractivity contribution in [1.29, 1.82) is 0 Å². The highest BCUT2D eigenvalue weighted by atomic mass is 16.2. The number of amides is 3. The summed E-state index contributed by atoms with van der Waals surface area (Å²) >= 11 is 0. The lowest BCUT2D eigenvalue weighted by molar-refractivity contribution is -0.123. The molecule has 6 nitrogen and oxygen atoms in total. The fraction of sp³-hybridized carbons (Fsp3) is 0.333. The average molecular weight is 168 g/mol. The van der Waals surface area contributed by atoms with Gasteiger partial charge in [-0.05, 0) is 0 Å². The Hall–Kier alpha value is -1.58. The van der Waals surface area contributed by atoms with Gasteiger partial charge in [0.05, 0.1) is 6.54 Å². The molecule has 1 saturated heterocycles. The molecule has 64 valence electrons. The first-order valence-electron chi connectivity index (χ1n) is 3.21. The smallest absolute Gasteiger partial charge is 0.313 e. The number of imide groups is 1. The topological polar surface area (TPSA) is 87.5 Å². The highest BCUT2D eigenvalue weighted by molar-refractivity contribution is 6.03. The molecule has 12 heavy (non-hydrogen) atoms. The van der Waals surface area contributed by atoms with Gasteiger partial charge in [-0.2, -0.15) is 0 Å². The number of carbonyl (C=O) groups is 2. The first-order valence-corrected chi connectivity index (χ1v) is 3.21. The molecule has 1 fully saturated rings. The van der Waals surface area contributed by atoms with Gasteiger partial charge in [-0.25, -0.2) is 9.80 Å². The fourth-order valence-corrected chi connectivity index (χ4v) is 0.836. The van der Waals surface area contributed by atoms with Crippen molar-refractivity contribution in [3.05, 3.63) is 0 Å². The van der Waals surface area contributed by atoms with Gasteiger partial charge in [-0.15, -0.1) is 6.42 Å². The average Bonchev–Trinajstić information content (AvgIpc) is 2.30. The van der Waals surface area contributed by atoms with E-state index in [-0.39, 0.29) is 6.54 Å². The van der Waals surface area contributed by atoms with E-state index >= 15 is 0 Å². The molecule has 0 aromatic carbocycles. The lowest BCUT2D eigenvalue weighted by atomic mass is 10.4. The van der Waals surface area contributed by atoms with Crippen LogP contribution in [0.15, 0.2) is 0 Å². The third kappa shape index (κ3) is 1.53. The molecule has 0 aromatic heterocycles. The van der Waals surface area contributed by atoms with Crippen LogP contribution in [-0.2, 0) is 4.79 Å². The van der Waals surface area contributed by atoms with Gasteiger partial charge < -0.3 is 5.32 Å². The summed E-state index contributed by atoms with van der Waals surface area (Å²) in [4.78, 5) is 21.5. The molecule has 4 N–H and O–H groups in total. The van der Waals surface area contributed by atoms with Crippen LogP contribution in [0, 0.1) is 12.3 Å². The number of nitrogens with one attached hydrogen (secondary N) is 2. The summed E-state index contributed by atoms with van der Waals surface area (Å²) < 4.78 is 0. The third-order valence-electron chi connectivity index (χ3n) is 1.36. The number of nitrogens with zero attached hydrogens (tertiary/aromatic N) is 1. The second kappa shape index (κ2) is 3.21. The normalized spacial score (nSPS) is 21.9. The largest absolute Gasteiger partial charge is 0.323 e. The molecule has 0 aliphatic carbocycles. The first kappa shape index (κ1) is 8.52. The van der Waals surface area contributed by atoms with Crippen molar-refractivity contribution in [2.75, 3.05) is 6.54 Å². The Balaban J connectivity index is 2.59. The molecule has 1 rings (SSSR count). The van der Waals surface area contributed by atoms with Gasteiger partial charge in [0, 0.05) is 0 Å². The Kier molecular flexibility index (Phi) is 2.28. The second-order valence-corrected chi connectivity index (χ2v) is 2.24. The van der Waals surface area contributed by atoms with Gasteiger partial charge in [0.25, 0.3) is 5.91 Å². The molecule has 6 heteroatoms. The molecule has 1 unspecified atom stereocenters. The minimum Gasteiger partial charge on any atom is -0.313 e. The van der Waals surface area contributed by atoms with E-state index in [4.69, 9.17) is 12.3 Å². The zero-order valence-corrected chi connectivity index (χ0v) is 6.20. The quantitative estimate of drug-likeness (QED) is 0.192. The van der Waals surface area contributed by atoms with E-state index in [1.54, 1.807) is 0 Å². The minimum atomic E-state index is -0.853. The minimum absolute atomic E-state index is 0.0956. The molecule has 0 aromatic rings. The maximum Gasteiger partial charge on any atom is 0.323 e. The van der Waals surface area contributed by atoms with Crippen LogP contribution in [0.25, 0.3) is 0 Å². The summed E-state index contributed by atoms with van der Waals surface area (Å²) in [6.45, 7) is 0.0956. The van der Waals surface area contributed by atoms with Gasteiger partial charge in [-0.3, -0.25) is 16.0 Å². The number of terminal acetylenes is 1. The SMILES string of the molecule is C#CCN(N)C1NC(=O)NC1=O. The van der Waals surface area contributed by atoms with E-state index in [0.29, 0.717) is 0 Å². The van der Waals surface area contributed by atoms with Gasteiger partial charge in [0.15, 0.2) is 6.17 Å². The van der Waals surface area contributed by atoms with Crippen LogP contribution in [0.5, 0.6) is 0 Å². The van der Waals surface area contributed by atoms with Gasteiger partial charge in [0.1, 0.15) is 0 Å². The fourth-order valence-electron chi connectivity index (χ4n) is 0.836. The van der Waals surface area contributed by atoms with Crippen LogP contribution in [0.3, 0.4) is 0 Å². The predicted octanol–water partition coefficient (Wildman–Crippen LogP) is -2.04. The van der Waals surface area contributed by atoms with Crippen molar-refractivity contribution in [2.45, 2.75) is 6.17 Å². The number of urea groups is 1. The third-order valence-corrected chi connectivity index (χ3v) is 1.36. The maximum absolute atomic E-state index is 10.9. The Morgan fingerprint density at radius 1 is 1.67 bits per heavy atom. The number of hydrazine groups is 1. The van der Waals surface area contributed by atoms with Crippen molar-refractivity contribution in [1.82, 2.24) is 15.6 Å². The Morgan fingerprint density at radius 3 is 2.75 bits per heavy atom. The summed E-state index contributed by atoms with van der Waals surface area (Å²) in [5, 5.41) is 5.39. The monoisotopic (exact) mass is 168 g/mol. The number of rotatable bonds is 2. The van der Waals surface area contributed by atoms with Crippen molar-refractivity contribution in [2.24, 2.45) is 5.84 Å². The van der Waals surface area contributed by atoms with Crippen molar-refractivity contribution >= 4 is 11.9 Å². The lowest BCUT2D eigenvalue weighted by Gasteiger charge is -2.17. The Labute approximate surface area is 69.0 Å². The van der Waals surface area contributed by atoms with Gasteiger partial charge >= 0.3 is 6.03 Å². The van der Waals surface area contributed by atoms with Crippen molar-refractivity contribution in [3.8, 4) is 12.3 Å². The standard InChI is InChI=1S/C6H8N4O2/c1-2-3-10(7)4-5(11)9-6(12)8-4/h1,4H,3,7H2,(H2,8,9,11,12). The number of hydrogen-bond acceptors (Lipinski definition) is 4. The molecular formula is C6H8N4O2. The lowest BCUT2D eigenvalue weighted by Crippen LogP contribution is -2.50. The predicted molar refractivity (Wildman–Crippen MR) is 40.2 cm³/mol. The zero-order valence-electron chi connectivity index (χ0n) is 6.20. The molecule has 3 amide bonds. The maximum atomic E-state index is 10.9. The van der Waals surface area contributed by atoms with Crippen molar-refractivity contribution in [3.63, 3.8) is 0 Å². The Bertz CT molecular complexity index is 257. The first-order chi connectivity index (χ1) is 5.65. The molecule has 1 aliphatic heterocycles. The summed E-state index contributed by atoms with van der Waals surface area (Å²) in [5.41, 5.74) is 0. The van der Waals surface area contributed by atoms with E-state index in [1.165, 1.54) is 0 Å². The molecule has 1 heterocycles. The van der Waals surface area contributed by atoms with Gasteiger partial charge in [-0.1, -0.05) is 5.92 Å². The summed E-state index contributed by atoms with van der Waals surface area (Å²) in [6, 6.07) is -0.558. The molecule has 1 aliphatic rings. The molecule has 0 spiro atoms. The van der Waals surface area contributed by atoms with Crippen molar-refractivity contribution < 1.29 is 9.59 Å². The summed E-state index contributed by atoms with van der Waals surface area (Å²) in [5.74, 6) is 7.12. The van der Waals surface area contributed by atoms with Crippen LogP contribution >= 0.6 is 0 Å². The van der Waals surface area contributed by atoms with Crippen LogP contribution in [-0.4, -0.2) is 29.7 Å². The van der Waals surface area contributed by atoms with E-state index in [1.807, 2.05) is 5.32 Å². The molecule has 0 bridgehead atoms. The van der Waals surface area contributed by atoms with Crippen LogP contribution in [0.1, 0.15) is 0 Å². The zero-order chi connectivity index (χ0) is 9.14. The van der Waals surface area contributed by atoms with E-state index in [9.17, 15) is 9.59 Å². The molecule has 0 radical (unpaired) electrons. The number of nitrogens with two attached hydrogens (primary N) is 1. The van der Waals surface area contributed by atoms with Crippen LogP contribution in [0.2, 0.25) is 0 Å². The number of hydrogen-bond donors (Lipinski definition) is 3. The van der Waals surface area contributed by atoms with Crippen LogP contribution in [0.4, 0.5) is 4.79 Å². The summed E-state index contributed by atoms with van der Waals surface area (Å²) in [7, 11) is 0. The van der Waals surface area contributed by atoms with E-state index in [0.717, 1.165) is 5.01 Å². The molecule has 0 saturated carbocycles. The molecular weight excluding hydrogens is 160 g/mol. The van der Waals surface area contributed by atoms with E-state index in [2.05, 4.69) is 11.2 Å².